The fraction of sp³-hybridized carbons (Fsp3) is 0.188. The number of fused-ring (bicyclic) bond motifs is 1. The van der Waals surface area contributed by atoms with Crippen molar-refractivity contribution in [3.8, 4) is 5.75 Å². The highest BCUT2D eigenvalue weighted by Crippen LogP contribution is 2.33. The van der Waals surface area contributed by atoms with Crippen LogP contribution in [0.25, 0.3) is 0 Å². The zero-order chi connectivity index (χ0) is 13.2. The van der Waals surface area contributed by atoms with Gasteiger partial charge in [-0.3, -0.25) is 4.79 Å². The molecule has 19 heavy (non-hydrogen) atoms. The first-order chi connectivity index (χ1) is 9.24. The van der Waals surface area contributed by atoms with E-state index in [0.29, 0.717) is 13.0 Å². The number of hydrogen-bond donors (Lipinski definition) is 0. The Morgan fingerprint density at radius 3 is 2.79 bits per heavy atom. The number of halogens is 1. The van der Waals surface area contributed by atoms with Crippen LogP contribution in [0.15, 0.2) is 46.9 Å². The number of hydrogen-bond acceptors (Lipinski definition) is 2. The number of ether oxygens (including phenoxy) is 1. The molecule has 0 amide bonds. The van der Waals surface area contributed by atoms with Gasteiger partial charge in [0, 0.05) is 28.4 Å². The van der Waals surface area contributed by atoms with E-state index in [0.717, 1.165) is 27.8 Å². The maximum absolute atomic E-state index is 12.3. The third-order valence-electron chi connectivity index (χ3n) is 3.27. The topological polar surface area (TPSA) is 26.3 Å². The Labute approximate surface area is 120 Å². The zero-order valence-corrected chi connectivity index (χ0v) is 11.9. The van der Waals surface area contributed by atoms with E-state index in [-0.39, 0.29) is 5.78 Å². The van der Waals surface area contributed by atoms with Gasteiger partial charge >= 0.3 is 0 Å². The first kappa shape index (κ1) is 12.4. The molecule has 1 aliphatic heterocycles. The Morgan fingerprint density at radius 2 is 2.00 bits per heavy atom. The Kier molecular flexibility index (Phi) is 3.38. The van der Waals surface area contributed by atoms with Gasteiger partial charge < -0.3 is 4.74 Å². The minimum Gasteiger partial charge on any atom is -0.493 e. The van der Waals surface area contributed by atoms with Crippen molar-refractivity contribution in [2.24, 2.45) is 0 Å². The summed E-state index contributed by atoms with van der Waals surface area (Å²) in [6.07, 6.45) is 1.30. The predicted octanol–water partition coefficient (Wildman–Crippen LogP) is 3.81. The molecule has 0 radical (unpaired) electrons. The molecule has 0 N–H and O–H groups in total. The molecular formula is C16H13BrO2. The number of carbonyl (C=O) groups is 1. The fourth-order valence-corrected chi connectivity index (χ4v) is 2.93. The van der Waals surface area contributed by atoms with E-state index >= 15 is 0 Å². The van der Waals surface area contributed by atoms with Crippen LogP contribution in [0.2, 0.25) is 0 Å². The quantitative estimate of drug-likeness (QED) is 0.805. The van der Waals surface area contributed by atoms with Gasteiger partial charge in [0.25, 0.3) is 0 Å². The molecule has 0 saturated carbocycles. The van der Waals surface area contributed by atoms with Crippen molar-refractivity contribution in [2.45, 2.75) is 12.8 Å². The summed E-state index contributed by atoms with van der Waals surface area (Å²) in [6.45, 7) is 0.707. The van der Waals surface area contributed by atoms with Gasteiger partial charge in [-0.2, -0.15) is 0 Å². The first-order valence-corrected chi connectivity index (χ1v) is 7.05. The summed E-state index contributed by atoms with van der Waals surface area (Å²) in [6, 6.07) is 13.4. The fourth-order valence-electron chi connectivity index (χ4n) is 2.38. The smallest absolute Gasteiger partial charge is 0.167 e. The summed E-state index contributed by atoms with van der Waals surface area (Å²) in [4.78, 5) is 12.3. The number of benzene rings is 2. The third kappa shape index (κ3) is 2.56. The van der Waals surface area contributed by atoms with Crippen molar-refractivity contribution in [1.29, 1.82) is 0 Å². The molecule has 2 aromatic rings. The Hall–Kier alpha value is -1.61. The SMILES string of the molecule is O=C(Cc1cc(Br)cc2c1OCC2)c1ccccc1. The maximum Gasteiger partial charge on any atom is 0.167 e. The van der Waals surface area contributed by atoms with E-state index in [1.54, 1.807) is 0 Å². The van der Waals surface area contributed by atoms with Crippen molar-refractivity contribution in [1.82, 2.24) is 0 Å². The highest BCUT2D eigenvalue weighted by molar-refractivity contribution is 9.10. The van der Waals surface area contributed by atoms with Gasteiger partial charge in [0.1, 0.15) is 5.75 Å². The Bertz CT molecular complexity index is 620. The number of carbonyl (C=O) groups excluding carboxylic acids is 1. The zero-order valence-electron chi connectivity index (χ0n) is 10.4. The molecule has 2 nitrogen and oxygen atoms in total. The van der Waals surface area contributed by atoms with Crippen LogP contribution in [0.5, 0.6) is 5.75 Å². The summed E-state index contributed by atoms with van der Waals surface area (Å²) in [5, 5.41) is 0. The van der Waals surface area contributed by atoms with Crippen LogP contribution in [-0.2, 0) is 12.8 Å². The molecule has 3 rings (SSSR count). The molecule has 2 aromatic carbocycles. The van der Waals surface area contributed by atoms with E-state index < -0.39 is 0 Å². The van der Waals surface area contributed by atoms with Gasteiger partial charge in [0.2, 0.25) is 0 Å². The lowest BCUT2D eigenvalue weighted by molar-refractivity contribution is 0.0992. The molecule has 0 bridgehead atoms. The molecule has 96 valence electrons. The Balaban J connectivity index is 1.90. The van der Waals surface area contributed by atoms with Crippen LogP contribution in [0.3, 0.4) is 0 Å². The van der Waals surface area contributed by atoms with Crippen molar-refractivity contribution in [3.05, 3.63) is 63.6 Å². The third-order valence-corrected chi connectivity index (χ3v) is 3.73. The molecule has 0 atom stereocenters. The molecule has 0 unspecified atom stereocenters. The minimum absolute atomic E-state index is 0.122. The van der Waals surface area contributed by atoms with Gasteiger partial charge in [0.05, 0.1) is 6.61 Å². The first-order valence-electron chi connectivity index (χ1n) is 6.26. The van der Waals surface area contributed by atoms with Gasteiger partial charge in [-0.1, -0.05) is 46.3 Å². The minimum atomic E-state index is 0.122. The molecule has 0 aromatic heterocycles. The largest absolute Gasteiger partial charge is 0.493 e. The lowest BCUT2D eigenvalue weighted by atomic mass is 10.00. The second kappa shape index (κ2) is 5.17. The van der Waals surface area contributed by atoms with Crippen molar-refractivity contribution < 1.29 is 9.53 Å². The number of rotatable bonds is 3. The van der Waals surface area contributed by atoms with E-state index in [1.165, 1.54) is 5.56 Å². The van der Waals surface area contributed by atoms with Crippen molar-refractivity contribution in [3.63, 3.8) is 0 Å². The molecule has 0 saturated heterocycles. The summed E-state index contributed by atoms with van der Waals surface area (Å²) < 4.78 is 6.66. The molecule has 0 aliphatic carbocycles. The molecule has 0 spiro atoms. The van der Waals surface area contributed by atoms with Gasteiger partial charge in [-0.15, -0.1) is 0 Å². The average Bonchev–Trinajstić information content (AvgIpc) is 2.88. The van der Waals surface area contributed by atoms with Crippen molar-refractivity contribution >= 4 is 21.7 Å². The Morgan fingerprint density at radius 1 is 1.21 bits per heavy atom. The van der Waals surface area contributed by atoms with Crippen LogP contribution in [0.4, 0.5) is 0 Å². The highest BCUT2D eigenvalue weighted by Gasteiger charge is 2.19. The summed E-state index contributed by atoms with van der Waals surface area (Å²) in [5.41, 5.74) is 2.90. The monoisotopic (exact) mass is 316 g/mol. The number of Topliss-reactive ketones (excluding diaryl/α,β-unsaturated/α-hetero) is 1. The van der Waals surface area contributed by atoms with Crippen LogP contribution < -0.4 is 4.74 Å². The molecule has 0 fully saturated rings. The molecule has 1 aliphatic rings. The second-order valence-electron chi connectivity index (χ2n) is 4.62. The molecular weight excluding hydrogens is 304 g/mol. The van der Waals surface area contributed by atoms with E-state index in [1.807, 2.05) is 36.4 Å². The van der Waals surface area contributed by atoms with Crippen molar-refractivity contribution in [2.75, 3.05) is 6.61 Å². The summed E-state index contributed by atoms with van der Waals surface area (Å²) >= 11 is 3.50. The average molecular weight is 317 g/mol. The standard InChI is InChI=1S/C16H13BrO2/c17-14-8-12-6-7-19-16(12)13(9-14)10-15(18)11-4-2-1-3-5-11/h1-5,8-9H,6-7,10H2. The normalized spacial score (nSPS) is 12.9. The van der Waals surface area contributed by atoms with Crippen LogP contribution in [0, 0.1) is 0 Å². The van der Waals surface area contributed by atoms with E-state index in [2.05, 4.69) is 22.0 Å². The van der Waals surface area contributed by atoms with Crippen LogP contribution in [0.1, 0.15) is 21.5 Å². The van der Waals surface area contributed by atoms with E-state index in [9.17, 15) is 4.79 Å². The molecule has 3 heteroatoms. The lowest BCUT2D eigenvalue weighted by Crippen LogP contribution is -2.04. The summed E-state index contributed by atoms with van der Waals surface area (Å²) in [7, 11) is 0. The van der Waals surface area contributed by atoms with Crippen LogP contribution >= 0.6 is 15.9 Å². The number of ketones is 1. The van der Waals surface area contributed by atoms with Gasteiger partial charge in [-0.05, 0) is 17.7 Å². The molecule has 1 heterocycles. The summed E-state index contributed by atoms with van der Waals surface area (Å²) in [5.74, 6) is 1.02. The van der Waals surface area contributed by atoms with Gasteiger partial charge in [0.15, 0.2) is 5.78 Å². The second-order valence-corrected chi connectivity index (χ2v) is 5.53. The maximum atomic E-state index is 12.3. The lowest BCUT2D eigenvalue weighted by Gasteiger charge is -2.08. The highest BCUT2D eigenvalue weighted by atomic mass is 79.9. The van der Waals surface area contributed by atoms with Crippen LogP contribution in [-0.4, -0.2) is 12.4 Å². The van der Waals surface area contributed by atoms with Gasteiger partial charge in [-0.25, -0.2) is 0 Å². The van der Waals surface area contributed by atoms with E-state index in [4.69, 9.17) is 4.74 Å². The predicted molar refractivity (Wildman–Crippen MR) is 77.8 cm³/mol.